The van der Waals surface area contributed by atoms with Crippen molar-refractivity contribution in [1.82, 2.24) is 0 Å². The number of carboxylic acid groups (broad SMARTS) is 1. The molecule has 3 aromatic rings. The van der Waals surface area contributed by atoms with Gasteiger partial charge in [-0.05, 0) is 54.6 Å². The molecule has 0 aliphatic rings. The van der Waals surface area contributed by atoms with Crippen molar-refractivity contribution in [2.75, 3.05) is 19.5 Å². The third-order valence-corrected chi connectivity index (χ3v) is 5.88. The summed E-state index contributed by atoms with van der Waals surface area (Å²) in [5.74, 6) is -6.97. The fourth-order valence-corrected chi connectivity index (χ4v) is 3.90. The molecule has 3 aromatic carbocycles. The first-order valence-electron chi connectivity index (χ1n) is 12.8. The van der Waals surface area contributed by atoms with Gasteiger partial charge in [-0.3, -0.25) is 14.4 Å². The molecule has 3 rings (SSSR count). The molecule has 0 saturated carbocycles. The van der Waals surface area contributed by atoms with Crippen molar-refractivity contribution in [3.63, 3.8) is 0 Å². The summed E-state index contributed by atoms with van der Waals surface area (Å²) in [5.41, 5.74) is -0.369. The number of nitrogens with one attached hydrogen (secondary N) is 1. The SMILES string of the molecule is COc1cc(C(=O)O[C@@H](C(=O)O)[C@@H](OC(=O)c2ccc(OC(C)=O)c(OC)c2)C(=O)Nc2cccc(Cl)c2)ccc1OC(C)=O. The van der Waals surface area contributed by atoms with E-state index in [1.807, 2.05) is 0 Å². The second-order valence-electron chi connectivity index (χ2n) is 8.91. The number of halogens is 1. The van der Waals surface area contributed by atoms with Crippen molar-refractivity contribution in [2.45, 2.75) is 26.1 Å². The first kappa shape index (κ1) is 33.9. The number of methoxy groups -OCH3 is 2. The molecular weight excluding hydrogens is 618 g/mol. The van der Waals surface area contributed by atoms with Gasteiger partial charge in [-0.25, -0.2) is 14.4 Å². The van der Waals surface area contributed by atoms with Crippen LogP contribution in [0.25, 0.3) is 0 Å². The first-order valence-corrected chi connectivity index (χ1v) is 13.1. The number of aliphatic carboxylic acids is 1. The molecule has 0 saturated heterocycles. The van der Waals surface area contributed by atoms with Gasteiger partial charge < -0.3 is 38.8 Å². The van der Waals surface area contributed by atoms with E-state index in [4.69, 9.17) is 40.0 Å². The van der Waals surface area contributed by atoms with Crippen LogP contribution in [0.15, 0.2) is 60.7 Å². The average molecular weight is 644 g/mol. The molecule has 236 valence electrons. The van der Waals surface area contributed by atoms with Crippen LogP contribution in [0, 0.1) is 0 Å². The number of rotatable bonds is 12. The van der Waals surface area contributed by atoms with Gasteiger partial charge in [0.2, 0.25) is 12.2 Å². The Morgan fingerprint density at radius 3 is 1.60 bits per heavy atom. The van der Waals surface area contributed by atoms with E-state index in [1.54, 1.807) is 0 Å². The zero-order valence-corrected chi connectivity index (χ0v) is 24.9. The summed E-state index contributed by atoms with van der Waals surface area (Å²) in [6.45, 7) is 2.31. The zero-order valence-electron chi connectivity index (χ0n) is 24.2. The number of benzene rings is 3. The van der Waals surface area contributed by atoms with E-state index in [0.717, 1.165) is 32.0 Å². The van der Waals surface area contributed by atoms with Gasteiger partial charge in [0.05, 0.1) is 25.3 Å². The van der Waals surface area contributed by atoms with Crippen molar-refractivity contribution < 1.29 is 62.3 Å². The van der Waals surface area contributed by atoms with Crippen LogP contribution < -0.4 is 24.3 Å². The molecule has 0 heterocycles. The summed E-state index contributed by atoms with van der Waals surface area (Å²) in [4.78, 5) is 74.7. The minimum atomic E-state index is -2.37. The Morgan fingerprint density at radius 2 is 1.18 bits per heavy atom. The van der Waals surface area contributed by atoms with Gasteiger partial charge >= 0.3 is 29.8 Å². The van der Waals surface area contributed by atoms with Crippen LogP contribution in [-0.2, 0) is 28.7 Å². The van der Waals surface area contributed by atoms with Gasteiger partial charge in [0.1, 0.15) is 0 Å². The highest BCUT2D eigenvalue weighted by Crippen LogP contribution is 2.30. The van der Waals surface area contributed by atoms with Crippen molar-refractivity contribution >= 4 is 53.0 Å². The third-order valence-electron chi connectivity index (χ3n) is 5.64. The van der Waals surface area contributed by atoms with Crippen molar-refractivity contribution in [2.24, 2.45) is 0 Å². The third kappa shape index (κ3) is 9.18. The Morgan fingerprint density at radius 1 is 0.689 bits per heavy atom. The fraction of sp³-hybridized carbons (Fsp3) is 0.200. The number of amides is 1. The van der Waals surface area contributed by atoms with E-state index in [9.17, 15) is 33.9 Å². The molecule has 1 amide bonds. The smallest absolute Gasteiger partial charge is 0.349 e. The Bertz CT molecular complexity index is 1640. The lowest BCUT2D eigenvalue weighted by molar-refractivity contribution is -0.157. The molecule has 45 heavy (non-hydrogen) atoms. The number of anilines is 1. The van der Waals surface area contributed by atoms with Crippen LogP contribution in [0.4, 0.5) is 5.69 Å². The number of hydrogen-bond donors (Lipinski definition) is 2. The predicted octanol–water partition coefficient (Wildman–Crippen LogP) is 3.68. The van der Waals surface area contributed by atoms with E-state index in [-0.39, 0.29) is 44.8 Å². The number of carbonyl (C=O) groups excluding carboxylic acids is 5. The summed E-state index contributed by atoms with van der Waals surface area (Å²) in [6.07, 6.45) is -4.62. The molecular formula is C30H26ClNO13. The number of esters is 4. The topological polar surface area (TPSA) is 190 Å². The predicted molar refractivity (Wildman–Crippen MR) is 155 cm³/mol. The Hall–Kier alpha value is -5.63. The van der Waals surface area contributed by atoms with E-state index in [1.165, 1.54) is 56.7 Å². The van der Waals surface area contributed by atoms with Gasteiger partial charge in [0.15, 0.2) is 23.0 Å². The Labute approximate surface area is 260 Å². The van der Waals surface area contributed by atoms with Crippen LogP contribution in [-0.4, -0.2) is 67.3 Å². The average Bonchev–Trinajstić information content (AvgIpc) is 2.98. The van der Waals surface area contributed by atoms with E-state index < -0.39 is 48.0 Å². The van der Waals surface area contributed by atoms with Crippen molar-refractivity contribution in [3.05, 3.63) is 76.8 Å². The second kappa shape index (κ2) is 15.2. The van der Waals surface area contributed by atoms with Crippen LogP contribution >= 0.6 is 11.6 Å². The van der Waals surface area contributed by atoms with Crippen molar-refractivity contribution in [3.8, 4) is 23.0 Å². The molecule has 2 N–H and O–H groups in total. The molecule has 0 aromatic heterocycles. The highest BCUT2D eigenvalue weighted by Gasteiger charge is 2.41. The number of carbonyl (C=O) groups is 6. The van der Waals surface area contributed by atoms with Crippen LogP contribution in [0.1, 0.15) is 34.6 Å². The lowest BCUT2D eigenvalue weighted by Gasteiger charge is -2.24. The monoisotopic (exact) mass is 643 g/mol. The maximum Gasteiger partial charge on any atom is 0.349 e. The Balaban J connectivity index is 1.97. The standard InChI is InChI=1S/C30H26ClNO13/c1-15(33)42-21-10-8-17(12-23(21)40-3)29(38)44-25(27(35)32-20-7-5-6-19(31)14-20)26(28(36)37)45-30(39)18-9-11-22(43-16(2)34)24(13-18)41-4/h5-14,25-26H,1-4H3,(H,32,35)(H,36,37)/t25-,26-/m1/s1. The van der Waals surface area contributed by atoms with Gasteiger partial charge in [0, 0.05) is 24.6 Å². The molecule has 0 fully saturated rings. The van der Waals surface area contributed by atoms with Gasteiger partial charge in [0.25, 0.3) is 5.91 Å². The summed E-state index contributed by atoms with van der Waals surface area (Å²) in [7, 11) is 2.48. The normalized spacial score (nSPS) is 11.7. The Kier molecular flexibility index (Phi) is 11.4. The van der Waals surface area contributed by atoms with E-state index >= 15 is 0 Å². The van der Waals surface area contributed by atoms with Gasteiger partial charge in [-0.15, -0.1) is 0 Å². The molecule has 0 bridgehead atoms. The van der Waals surface area contributed by atoms with E-state index in [2.05, 4.69) is 5.32 Å². The molecule has 0 aliphatic carbocycles. The fourth-order valence-electron chi connectivity index (χ4n) is 3.71. The van der Waals surface area contributed by atoms with Crippen LogP contribution in [0.2, 0.25) is 5.02 Å². The minimum absolute atomic E-state index is 0.0238. The number of ether oxygens (including phenoxy) is 6. The minimum Gasteiger partial charge on any atom is -0.493 e. The molecule has 14 nitrogen and oxygen atoms in total. The maximum atomic E-state index is 13.4. The summed E-state index contributed by atoms with van der Waals surface area (Å²) < 4.78 is 30.7. The molecule has 0 spiro atoms. The summed E-state index contributed by atoms with van der Waals surface area (Å²) >= 11 is 5.98. The number of carboxylic acids is 1. The molecule has 0 radical (unpaired) electrons. The lowest BCUT2D eigenvalue weighted by atomic mass is 10.1. The van der Waals surface area contributed by atoms with Gasteiger partial charge in [-0.2, -0.15) is 0 Å². The quantitative estimate of drug-likeness (QED) is 0.215. The van der Waals surface area contributed by atoms with Gasteiger partial charge in [-0.1, -0.05) is 17.7 Å². The lowest BCUT2D eigenvalue weighted by Crippen LogP contribution is -2.48. The largest absolute Gasteiger partial charge is 0.493 e. The zero-order chi connectivity index (χ0) is 33.3. The van der Waals surface area contributed by atoms with E-state index in [0.29, 0.717) is 0 Å². The second-order valence-corrected chi connectivity index (χ2v) is 9.34. The molecule has 0 aliphatic heterocycles. The van der Waals surface area contributed by atoms with Crippen LogP contribution in [0.5, 0.6) is 23.0 Å². The van der Waals surface area contributed by atoms with Crippen LogP contribution in [0.3, 0.4) is 0 Å². The van der Waals surface area contributed by atoms with Crippen molar-refractivity contribution in [1.29, 1.82) is 0 Å². The first-order chi connectivity index (χ1) is 21.3. The summed E-state index contributed by atoms with van der Waals surface area (Å²) in [6, 6.07) is 12.8. The molecule has 15 heteroatoms. The highest BCUT2D eigenvalue weighted by atomic mass is 35.5. The highest BCUT2D eigenvalue weighted by molar-refractivity contribution is 6.30. The number of hydrogen-bond acceptors (Lipinski definition) is 12. The molecule has 0 unspecified atom stereocenters. The summed E-state index contributed by atoms with van der Waals surface area (Å²) in [5, 5.41) is 12.6. The molecule has 2 atom stereocenters. The maximum absolute atomic E-state index is 13.4.